The average molecular weight is 479 g/mol. The highest BCUT2D eigenvalue weighted by atomic mass is 35.5. The number of likely N-dealkylation sites (tertiary alicyclic amines) is 1. The largest absolute Gasteiger partial charge is 0.342 e. The molecule has 1 aromatic heterocycles. The number of rotatable bonds is 2. The number of hydrogen-bond acceptors (Lipinski definition) is 2. The van der Waals surface area contributed by atoms with Gasteiger partial charge in [0, 0.05) is 29.9 Å². The first kappa shape index (κ1) is 22.1. The van der Waals surface area contributed by atoms with Gasteiger partial charge in [-0.3, -0.25) is 9.78 Å². The standard InChI is InChI=1S/C31H27ClN2O/c32-27-11-12-28-26(20-27)10-9-24-6-3-15-33-31(24)30(28)23-13-16-34(17-14-23)29(35)19-21-7-8-22-4-1-2-5-25(22)18-21/h1-8,11-12,15,18,20H,9-10,13-14,16-17,19H2. The number of halogens is 1. The van der Waals surface area contributed by atoms with Crippen LogP contribution in [0.15, 0.2) is 84.6 Å². The smallest absolute Gasteiger partial charge is 0.227 e. The molecule has 2 aliphatic rings. The second kappa shape index (κ2) is 9.31. The lowest BCUT2D eigenvalue weighted by molar-refractivity contribution is -0.130. The van der Waals surface area contributed by atoms with Gasteiger partial charge in [0.25, 0.3) is 0 Å². The Morgan fingerprint density at radius 3 is 2.49 bits per heavy atom. The molecular weight excluding hydrogens is 452 g/mol. The van der Waals surface area contributed by atoms with E-state index in [1.54, 1.807) is 0 Å². The maximum atomic E-state index is 13.2. The summed E-state index contributed by atoms with van der Waals surface area (Å²) in [6.45, 7) is 1.49. The minimum absolute atomic E-state index is 0.205. The molecule has 0 spiro atoms. The number of carbonyl (C=O) groups is 1. The van der Waals surface area contributed by atoms with Gasteiger partial charge >= 0.3 is 0 Å². The van der Waals surface area contributed by atoms with Crippen molar-refractivity contribution in [2.24, 2.45) is 0 Å². The Balaban J connectivity index is 1.26. The number of nitrogens with zero attached hydrogens (tertiary/aromatic N) is 2. The topological polar surface area (TPSA) is 33.2 Å². The van der Waals surface area contributed by atoms with Crippen LogP contribution >= 0.6 is 11.6 Å². The molecule has 4 aromatic rings. The fourth-order valence-electron chi connectivity index (χ4n) is 5.54. The number of pyridine rings is 1. The highest BCUT2D eigenvalue weighted by Crippen LogP contribution is 2.38. The third-order valence-corrected chi connectivity index (χ3v) is 7.61. The van der Waals surface area contributed by atoms with Crippen molar-refractivity contribution in [2.45, 2.75) is 32.1 Å². The van der Waals surface area contributed by atoms with Gasteiger partial charge in [0.15, 0.2) is 0 Å². The van der Waals surface area contributed by atoms with Crippen LogP contribution in [-0.2, 0) is 24.1 Å². The molecule has 35 heavy (non-hydrogen) atoms. The minimum Gasteiger partial charge on any atom is -0.342 e. The normalized spacial score (nSPS) is 15.5. The van der Waals surface area contributed by atoms with E-state index in [0.29, 0.717) is 6.42 Å². The molecule has 0 bridgehead atoms. The Morgan fingerprint density at radius 1 is 0.829 bits per heavy atom. The lowest BCUT2D eigenvalue weighted by atomic mass is 9.88. The molecule has 0 unspecified atom stereocenters. The third kappa shape index (κ3) is 4.37. The monoisotopic (exact) mass is 478 g/mol. The molecule has 0 atom stereocenters. The second-order valence-electron chi connectivity index (χ2n) is 9.53. The van der Waals surface area contributed by atoms with Crippen LogP contribution in [0, 0.1) is 0 Å². The molecular formula is C31H27ClN2O. The number of benzene rings is 3. The molecule has 2 heterocycles. The van der Waals surface area contributed by atoms with E-state index >= 15 is 0 Å². The van der Waals surface area contributed by atoms with Gasteiger partial charge in [-0.05, 0) is 76.9 Å². The van der Waals surface area contributed by atoms with Gasteiger partial charge in [0.05, 0.1) is 12.1 Å². The van der Waals surface area contributed by atoms with Crippen LogP contribution in [0.4, 0.5) is 0 Å². The summed E-state index contributed by atoms with van der Waals surface area (Å²) < 4.78 is 0. The van der Waals surface area contributed by atoms with Crippen molar-refractivity contribution >= 4 is 33.9 Å². The van der Waals surface area contributed by atoms with Crippen LogP contribution in [0.5, 0.6) is 0 Å². The molecule has 6 rings (SSSR count). The number of aromatic nitrogens is 1. The zero-order valence-electron chi connectivity index (χ0n) is 19.6. The zero-order valence-corrected chi connectivity index (χ0v) is 20.4. The number of hydrogen-bond donors (Lipinski definition) is 0. The first-order valence-corrected chi connectivity index (χ1v) is 12.7. The number of aryl methyl sites for hydroxylation is 2. The van der Waals surface area contributed by atoms with Crippen LogP contribution in [-0.4, -0.2) is 28.9 Å². The van der Waals surface area contributed by atoms with Crippen molar-refractivity contribution in [1.82, 2.24) is 9.88 Å². The maximum absolute atomic E-state index is 13.2. The van der Waals surface area contributed by atoms with Gasteiger partial charge in [-0.2, -0.15) is 0 Å². The van der Waals surface area contributed by atoms with E-state index in [-0.39, 0.29) is 5.91 Å². The highest BCUT2D eigenvalue weighted by molar-refractivity contribution is 6.30. The quantitative estimate of drug-likeness (QED) is 0.323. The number of amides is 1. The molecule has 3 aromatic carbocycles. The molecule has 1 aliphatic heterocycles. The molecule has 1 amide bonds. The fourth-order valence-corrected chi connectivity index (χ4v) is 5.74. The van der Waals surface area contributed by atoms with Gasteiger partial charge in [-0.15, -0.1) is 0 Å². The van der Waals surface area contributed by atoms with Crippen molar-refractivity contribution in [3.05, 3.63) is 118 Å². The van der Waals surface area contributed by atoms with E-state index in [2.05, 4.69) is 48.5 Å². The average Bonchev–Trinajstić information content (AvgIpc) is 3.05. The Bertz CT molecular complexity index is 1460. The summed E-state index contributed by atoms with van der Waals surface area (Å²) in [5.41, 5.74) is 8.64. The van der Waals surface area contributed by atoms with E-state index in [1.165, 1.54) is 38.6 Å². The summed E-state index contributed by atoms with van der Waals surface area (Å²) in [6, 6.07) is 25.1. The molecule has 0 radical (unpaired) electrons. The van der Waals surface area contributed by atoms with Crippen LogP contribution in [0.1, 0.15) is 40.8 Å². The van der Waals surface area contributed by atoms with Crippen molar-refractivity contribution in [2.75, 3.05) is 13.1 Å². The summed E-state index contributed by atoms with van der Waals surface area (Å²) in [5, 5.41) is 3.17. The molecule has 4 heteroatoms. The molecule has 174 valence electrons. The SMILES string of the molecule is O=C(Cc1ccc2ccccc2c1)N1CCC(=C2c3ccc(Cl)cc3CCc3cccnc32)CC1. The molecule has 1 aliphatic carbocycles. The first-order valence-electron chi connectivity index (χ1n) is 12.4. The Labute approximate surface area is 211 Å². The molecule has 0 N–H and O–H groups in total. The van der Waals surface area contributed by atoms with Crippen LogP contribution in [0.25, 0.3) is 16.3 Å². The highest BCUT2D eigenvalue weighted by Gasteiger charge is 2.26. The van der Waals surface area contributed by atoms with E-state index in [1.807, 2.05) is 35.4 Å². The van der Waals surface area contributed by atoms with Crippen LogP contribution in [0.3, 0.4) is 0 Å². The summed E-state index contributed by atoms with van der Waals surface area (Å²) in [7, 11) is 0. The van der Waals surface area contributed by atoms with Gasteiger partial charge in [-0.1, -0.05) is 71.8 Å². The number of fused-ring (bicyclic) bond motifs is 3. The number of piperidine rings is 1. The lowest BCUT2D eigenvalue weighted by Crippen LogP contribution is -2.37. The van der Waals surface area contributed by atoms with Crippen molar-refractivity contribution in [3.63, 3.8) is 0 Å². The molecule has 3 nitrogen and oxygen atoms in total. The molecule has 0 saturated carbocycles. The van der Waals surface area contributed by atoms with E-state index in [4.69, 9.17) is 16.6 Å². The first-order chi connectivity index (χ1) is 17.2. The Hall–Kier alpha value is -3.43. The Morgan fingerprint density at radius 2 is 1.63 bits per heavy atom. The van der Waals surface area contributed by atoms with E-state index in [0.717, 1.165) is 55.1 Å². The molecule has 1 fully saturated rings. The van der Waals surface area contributed by atoms with Gasteiger partial charge < -0.3 is 4.90 Å². The van der Waals surface area contributed by atoms with E-state index in [9.17, 15) is 4.79 Å². The molecule has 1 saturated heterocycles. The van der Waals surface area contributed by atoms with E-state index < -0.39 is 0 Å². The lowest BCUT2D eigenvalue weighted by Gasteiger charge is -2.30. The summed E-state index contributed by atoms with van der Waals surface area (Å²) in [5.74, 6) is 0.205. The predicted molar refractivity (Wildman–Crippen MR) is 143 cm³/mol. The minimum atomic E-state index is 0.205. The van der Waals surface area contributed by atoms with Crippen LogP contribution in [0.2, 0.25) is 5.02 Å². The second-order valence-corrected chi connectivity index (χ2v) is 9.97. The van der Waals surface area contributed by atoms with Crippen molar-refractivity contribution in [1.29, 1.82) is 0 Å². The number of carbonyl (C=O) groups excluding carboxylic acids is 1. The third-order valence-electron chi connectivity index (χ3n) is 7.37. The maximum Gasteiger partial charge on any atom is 0.227 e. The summed E-state index contributed by atoms with van der Waals surface area (Å²) in [6.07, 6.45) is 6.00. The zero-order chi connectivity index (χ0) is 23.8. The fraction of sp³-hybridized carbons (Fsp3) is 0.226. The van der Waals surface area contributed by atoms with Crippen molar-refractivity contribution < 1.29 is 4.79 Å². The van der Waals surface area contributed by atoms with Crippen LogP contribution < -0.4 is 0 Å². The predicted octanol–water partition coefficient (Wildman–Crippen LogP) is 6.65. The summed E-state index contributed by atoms with van der Waals surface area (Å²) >= 11 is 6.35. The van der Waals surface area contributed by atoms with Gasteiger partial charge in [0.1, 0.15) is 0 Å². The van der Waals surface area contributed by atoms with Gasteiger partial charge in [-0.25, -0.2) is 0 Å². The Kier molecular flexibility index (Phi) is 5.87. The van der Waals surface area contributed by atoms with Crippen molar-refractivity contribution in [3.8, 4) is 0 Å². The van der Waals surface area contributed by atoms with Gasteiger partial charge in [0.2, 0.25) is 5.91 Å². The summed E-state index contributed by atoms with van der Waals surface area (Å²) in [4.78, 5) is 20.0.